The number of fused-ring (bicyclic) bond motifs is 1. The summed E-state index contributed by atoms with van der Waals surface area (Å²) in [4.78, 5) is 35.0. The van der Waals surface area contributed by atoms with Crippen molar-refractivity contribution < 1.29 is 23.1 Å². The number of hydrogen-bond donors (Lipinski definition) is 3. The van der Waals surface area contributed by atoms with Crippen molar-refractivity contribution in [3.05, 3.63) is 52.6 Å². The van der Waals surface area contributed by atoms with Gasteiger partial charge >= 0.3 is 14.2 Å². The molecule has 2 unspecified atom stereocenters. The molecule has 0 amide bonds. The van der Waals surface area contributed by atoms with E-state index in [0.29, 0.717) is 12.2 Å². The summed E-state index contributed by atoms with van der Waals surface area (Å²) < 4.78 is 30.3. The molecule has 0 bridgehead atoms. The molecule has 0 saturated heterocycles. The number of carbonyl (C=O) groups is 1. The number of nitrogens with zero attached hydrogens (tertiary/aromatic N) is 3. The van der Waals surface area contributed by atoms with Crippen LogP contribution >= 0.6 is 8.25 Å². The number of aromatic nitrogens is 4. The van der Waals surface area contributed by atoms with Crippen molar-refractivity contribution in [2.45, 2.75) is 26.3 Å². The number of imidazole rings is 1. The van der Waals surface area contributed by atoms with Crippen LogP contribution in [0.5, 0.6) is 5.75 Å². The lowest BCUT2D eigenvalue weighted by Crippen LogP contribution is -2.38. The number of nitrogens with two attached hydrogens (primary N) is 2. The van der Waals surface area contributed by atoms with Gasteiger partial charge in [0.1, 0.15) is 24.7 Å². The fourth-order valence-corrected chi connectivity index (χ4v) is 4.21. The van der Waals surface area contributed by atoms with Crippen LogP contribution in [0.25, 0.3) is 17.4 Å². The van der Waals surface area contributed by atoms with Gasteiger partial charge in [0.15, 0.2) is 11.2 Å². The lowest BCUT2D eigenvalue weighted by molar-refractivity contribution is -0.148. The van der Waals surface area contributed by atoms with Gasteiger partial charge in [0, 0.05) is 6.20 Å². The minimum absolute atomic E-state index is 0.0174. The Morgan fingerprint density at radius 3 is 2.77 bits per heavy atom. The number of hydrogen-bond acceptors (Lipinski definition) is 10. The number of para-hydroxylation sites is 1. The first-order valence-corrected chi connectivity index (χ1v) is 12.2. The van der Waals surface area contributed by atoms with Crippen molar-refractivity contribution in [2.75, 3.05) is 18.9 Å². The molecule has 3 atom stereocenters. The molecule has 2 aromatic heterocycles. The van der Waals surface area contributed by atoms with Crippen LogP contribution in [0.3, 0.4) is 0 Å². The summed E-state index contributed by atoms with van der Waals surface area (Å²) in [6, 6.07) is 7.90. The van der Waals surface area contributed by atoms with Crippen molar-refractivity contribution in [1.82, 2.24) is 19.5 Å². The molecule has 35 heavy (non-hydrogen) atoms. The molecule has 0 spiro atoms. The monoisotopic (exact) mass is 502 g/mol. The number of nitrogens with one attached hydrogen (secondary N) is 1. The maximum absolute atomic E-state index is 12.4. The summed E-state index contributed by atoms with van der Waals surface area (Å²) in [6.07, 6.45) is 3.64. The SMILES string of the molecule is CC(C)[C@H](N)C(=O)OCC1(CO[PH](=O)Oc2ccccc2)C/C1=C/n1cnc2c(=O)[nH]c(N)nc21. The predicted molar refractivity (Wildman–Crippen MR) is 130 cm³/mol. The third kappa shape index (κ3) is 5.61. The van der Waals surface area contributed by atoms with Crippen molar-refractivity contribution in [3.8, 4) is 5.75 Å². The van der Waals surface area contributed by atoms with E-state index in [4.69, 9.17) is 25.3 Å². The second-order valence-electron chi connectivity index (χ2n) is 8.72. The van der Waals surface area contributed by atoms with E-state index in [1.54, 1.807) is 35.0 Å². The number of aromatic amines is 1. The fourth-order valence-electron chi connectivity index (χ4n) is 3.43. The average molecular weight is 502 g/mol. The Morgan fingerprint density at radius 1 is 1.31 bits per heavy atom. The van der Waals surface area contributed by atoms with Crippen molar-refractivity contribution >= 4 is 37.5 Å². The fraction of sp³-hybridized carbons (Fsp3) is 0.364. The molecule has 1 aliphatic rings. The number of nitrogen functional groups attached to an aromatic ring is 1. The molecule has 5 N–H and O–H groups in total. The second-order valence-corrected chi connectivity index (χ2v) is 9.71. The second kappa shape index (κ2) is 10.0. The quantitative estimate of drug-likeness (QED) is 0.274. The van der Waals surface area contributed by atoms with E-state index in [-0.39, 0.29) is 36.2 Å². The van der Waals surface area contributed by atoms with Crippen LogP contribution in [0.2, 0.25) is 0 Å². The molecule has 186 valence electrons. The Bertz CT molecular complexity index is 1340. The molecule has 3 aromatic rings. The first-order chi connectivity index (χ1) is 16.7. The molecule has 4 rings (SSSR count). The molecule has 1 fully saturated rings. The zero-order valence-corrected chi connectivity index (χ0v) is 20.3. The number of ether oxygens (including phenoxy) is 1. The van der Waals surface area contributed by atoms with Crippen LogP contribution in [-0.2, 0) is 18.6 Å². The largest absolute Gasteiger partial charge is 0.463 e. The number of anilines is 1. The van der Waals surface area contributed by atoms with Gasteiger partial charge in [0.05, 0.1) is 12.0 Å². The topological polar surface area (TPSA) is 177 Å². The van der Waals surface area contributed by atoms with E-state index in [0.717, 1.165) is 5.57 Å². The Kier molecular flexibility index (Phi) is 7.06. The number of H-pyrrole nitrogens is 1. The van der Waals surface area contributed by atoms with Crippen molar-refractivity contribution in [1.29, 1.82) is 0 Å². The number of benzene rings is 1. The maximum atomic E-state index is 12.4. The summed E-state index contributed by atoms with van der Waals surface area (Å²) in [7, 11) is -2.87. The van der Waals surface area contributed by atoms with Gasteiger partial charge in [-0.2, -0.15) is 4.98 Å². The van der Waals surface area contributed by atoms with Crippen LogP contribution in [0.15, 0.2) is 47.0 Å². The molecular weight excluding hydrogens is 475 g/mol. The molecule has 2 heterocycles. The Balaban J connectivity index is 1.53. The highest BCUT2D eigenvalue weighted by molar-refractivity contribution is 7.33. The molecule has 13 heteroatoms. The van der Waals surface area contributed by atoms with Gasteiger partial charge in [0.2, 0.25) is 5.95 Å². The highest BCUT2D eigenvalue weighted by atomic mass is 31.1. The lowest BCUT2D eigenvalue weighted by Gasteiger charge is -2.19. The van der Waals surface area contributed by atoms with E-state index >= 15 is 0 Å². The minimum atomic E-state index is -2.87. The van der Waals surface area contributed by atoms with Gasteiger partial charge in [-0.15, -0.1) is 0 Å². The van der Waals surface area contributed by atoms with Crippen LogP contribution in [-0.4, -0.2) is 44.7 Å². The third-order valence-corrected chi connectivity index (χ3v) is 6.50. The summed E-state index contributed by atoms with van der Waals surface area (Å²) in [5.41, 5.74) is 11.6. The summed E-state index contributed by atoms with van der Waals surface area (Å²) in [6.45, 7) is 3.60. The lowest BCUT2D eigenvalue weighted by atomic mass is 10.1. The van der Waals surface area contributed by atoms with Crippen molar-refractivity contribution in [2.24, 2.45) is 17.1 Å². The van der Waals surface area contributed by atoms with Gasteiger partial charge in [-0.05, 0) is 30.0 Å². The molecule has 12 nitrogen and oxygen atoms in total. The zero-order valence-electron chi connectivity index (χ0n) is 19.3. The normalized spacial score (nSPS) is 20.2. The molecule has 1 aliphatic carbocycles. The molecule has 1 saturated carbocycles. The highest BCUT2D eigenvalue weighted by Gasteiger charge is 2.51. The van der Waals surface area contributed by atoms with Crippen LogP contribution in [0.4, 0.5) is 5.95 Å². The van der Waals surface area contributed by atoms with Crippen LogP contribution in [0, 0.1) is 11.3 Å². The summed E-state index contributed by atoms with van der Waals surface area (Å²) >= 11 is 0. The summed E-state index contributed by atoms with van der Waals surface area (Å²) in [5, 5.41) is 0. The Morgan fingerprint density at radius 2 is 2.06 bits per heavy atom. The van der Waals surface area contributed by atoms with Gasteiger partial charge in [0.25, 0.3) is 5.56 Å². The van der Waals surface area contributed by atoms with E-state index in [2.05, 4.69) is 15.0 Å². The first kappa shape index (κ1) is 24.6. The average Bonchev–Trinajstić information content (AvgIpc) is 3.35. The molecular formula is C22H27N6O6P. The van der Waals surface area contributed by atoms with Crippen LogP contribution in [0.1, 0.15) is 20.3 Å². The first-order valence-electron chi connectivity index (χ1n) is 10.9. The van der Waals surface area contributed by atoms with E-state index in [1.807, 2.05) is 19.9 Å². The van der Waals surface area contributed by atoms with E-state index < -0.39 is 31.2 Å². The third-order valence-electron chi connectivity index (χ3n) is 5.72. The van der Waals surface area contributed by atoms with Gasteiger partial charge in [-0.3, -0.25) is 19.1 Å². The maximum Gasteiger partial charge on any atom is 0.367 e. The van der Waals surface area contributed by atoms with Crippen LogP contribution < -0.4 is 21.6 Å². The molecule has 0 aliphatic heterocycles. The van der Waals surface area contributed by atoms with Gasteiger partial charge in [-0.1, -0.05) is 32.0 Å². The molecule has 1 aromatic carbocycles. The Hall–Kier alpha value is -3.47. The van der Waals surface area contributed by atoms with Crippen molar-refractivity contribution in [3.63, 3.8) is 0 Å². The predicted octanol–water partition coefficient (Wildman–Crippen LogP) is 1.94. The standard InChI is InChI=1S/C22H27N6O6P/c1-13(2)16(23)20(30)32-10-22(11-33-35(31)34-15-6-4-3-5-7-15)8-14(22)9-28-12-25-17-18(28)26-21(24)27-19(17)29/h3-7,9,12-13,16,35H,8,10-11,23H2,1-2H3,(H3,24,26,27,29)/b14-9-/t16-,22?/m0/s1. The number of carbonyl (C=O) groups excluding carboxylic acids is 1. The minimum Gasteiger partial charge on any atom is -0.463 e. The van der Waals surface area contributed by atoms with Gasteiger partial charge < -0.3 is 25.3 Å². The van der Waals surface area contributed by atoms with E-state index in [1.165, 1.54) is 6.33 Å². The smallest absolute Gasteiger partial charge is 0.367 e. The molecule has 0 radical (unpaired) electrons. The van der Waals surface area contributed by atoms with Gasteiger partial charge in [-0.25, -0.2) is 9.55 Å². The zero-order chi connectivity index (χ0) is 25.2. The highest BCUT2D eigenvalue weighted by Crippen LogP contribution is 2.54. The number of esters is 1. The summed E-state index contributed by atoms with van der Waals surface area (Å²) in [5.74, 6) is -0.245. The number of rotatable bonds is 10. The Labute approximate surface area is 201 Å². The van der Waals surface area contributed by atoms with E-state index in [9.17, 15) is 14.2 Å².